The van der Waals surface area contributed by atoms with Crippen molar-refractivity contribution in [2.24, 2.45) is 0 Å². The maximum absolute atomic E-state index is 11.6. The summed E-state index contributed by atoms with van der Waals surface area (Å²) in [6.07, 6.45) is 1.23. The minimum absolute atomic E-state index is 0.0253. The molecule has 27 heavy (non-hydrogen) atoms. The van der Waals surface area contributed by atoms with Gasteiger partial charge in [-0.15, -0.1) is 0 Å². The van der Waals surface area contributed by atoms with Crippen molar-refractivity contribution in [1.29, 1.82) is 0 Å². The van der Waals surface area contributed by atoms with Gasteiger partial charge >= 0.3 is 12.0 Å². The van der Waals surface area contributed by atoms with E-state index in [-0.39, 0.29) is 25.3 Å². The van der Waals surface area contributed by atoms with Crippen LogP contribution in [0.15, 0.2) is 53.1 Å². The number of amides is 4. The van der Waals surface area contributed by atoms with E-state index < -0.39 is 30.4 Å². The number of carbonyl (C=O) groups excluding carboxylic acids is 4. The molecular formula is C18H19N3O6. The summed E-state index contributed by atoms with van der Waals surface area (Å²) < 4.78 is 9.63. The van der Waals surface area contributed by atoms with Gasteiger partial charge in [-0.05, 0) is 17.7 Å². The maximum atomic E-state index is 11.6. The highest BCUT2D eigenvalue weighted by molar-refractivity contribution is 5.95. The zero-order valence-corrected chi connectivity index (χ0v) is 14.4. The highest BCUT2D eigenvalue weighted by atomic mass is 16.5. The third-order valence-corrected chi connectivity index (χ3v) is 3.27. The lowest BCUT2D eigenvalue weighted by Gasteiger charge is -2.08. The molecule has 0 fully saturated rings. The van der Waals surface area contributed by atoms with Crippen LogP contribution >= 0.6 is 0 Å². The number of imide groups is 1. The number of carbonyl (C=O) groups is 4. The molecule has 142 valence electrons. The number of urea groups is 1. The number of furan rings is 1. The van der Waals surface area contributed by atoms with Gasteiger partial charge in [0.2, 0.25) is 0 Å². The molecule has 0 unspecified atom stereocenters. The van der Waals surface area contributed by atoms with E-state index in [1.807, 2.05) is 30.3 Å². The van der Waals surface area contributed by atoms with Crippen molar-refractivity contribution in [3.63, 3.8) is 0 Å². The lowest BCUT2D eigenvalue weighted by Crippen LogP contribution is -2.41. The molecule has 9 nitrogen and oxygen atoms in total. The van der Waals surface area contributed by atoms with Crippen molar-refractivity contribution in [2.45, 2.75) is 13.0 Å². The van der Waals surface area contributed by atoms with Crippen molar-refractivity contribution >= 4 is 23.8 Å². The number of hydrogen-bond donors (Lipinski definition) is 3. The van der Waals surface area contributed by atoms with Crippen LogP contribution < -0.4 is 16.0 Å². The second-order valence-electron chi connectivity index (χ2n) is 5.36. The monoisotopic (exact) mass is 373 g/mol. The first-order valence-corrected chi connectivity index (χ1v) is 8.13. The van der Waals surface area contributed by atoms with Gasteiger partial charge in [0.25, 0.3) is 11.8 Å². The van der Waals surface area contributed by atoms with Crippen molar-refractivity contribution in [3.8, 4) is 0 Å². The average molecular weight is 373 g/mol. The molecule has 0 saturated carbocycles. The van der Waals surface area contributed by atoms with Crippen LogP contribution in [0.4, 0.5) is 4.79 Å². The van der Waals surface area contributed by atoms with Gasteiger partial charge < -0.3 is 19.8 Å². The predicted molar refractivity (Wildman–Crippen MR) is 93.4 cm³/mol. The number of nitrogens with one attached hydrogen (secondary N) is 3. The molecule has 0 atom stereocenters. The Bertz CT molecular complexity index is 774. The summed E-state index contributed by atoms with van der Waals surface area (Å²) in [5.74, 6) is -1.77. The van der Waals surface area contributed by atoms with Gasteiger partial charge in [0.05, 0.1) is 12.7 Å². The second-order valence-corrected chi connectivity index (χ2v) is 5.36. The van der Waals surface area contributed by atoms with Crippen LogP contribution in [-0.4, -0.2) is 37.0 Å². The largest absolute Gasteiger partial charge is 0.459 e. The summed E-state index contributed by atoms with van der Waals surface area (Å²) in [4.78, 5) is 46.3. The van der Waals surface area contributed by atoms with Crippen molar-refractivity contribution in [1.82, 2.24) is 16.0 Å². The Morgan fingerprint density at radius 1 is 0.963 bits per heavy atom. The van der Waals surface area contributed by atoms with Gasteiger partial charge in [0.1, 0.15) is 0 Å². The zero-order valence-electron chi connectivity index (χ0n) is 14.4. The predicted octanol–water partition coefficient (Wildman–Crippen LogP) is 0.969. The van der Waals surface area contributed by atoms with E-state index in [1.54, 1.807) is 6.07 Å². The van der Waals surface area contributed by atoms with E-state index in [0.717, 1.165) is 5.56 Å². The molecule has 2 aromatic rings. The highest BCUT2D eigenvalue weighted by Gasteiger charge is 2.12. The Morgan fingerprint density at radius 3 is 2.44 bits per heavy atom. The van der Waals surface area contributed by atoms with E-state index >= 15 is 0 Å². The van der Waals surface area contributed by atoms with Crippen LogP contribution in [0.2, 0.25) is 0 Å². The Labute approximate surface area is 155 Å². The summed E-state index contributed by atoms with van der Waals surface area (Å²) in [7, 11) is 0. The summed E-state index contributed by atoms with van der Waals surface area (Å²) in [6.45, 7) is -0.309. The molecule has 0 bridgehead atoms. The lowest BCUT2D eigenvalue weighted by atomic mass is 10.2. The number of hydrogen-bond acceptors (Lipinski definition) is 6. The van der Waals surface area contributed by atoms with Crippen LogP contribution in [-0.2, 0) is 20.9 Å². The fourth-order valence-electron chi connectivity index (χ4n) is 1.98. The molecule has 0 radical (unpaired) electrons. The zero-order chi connectivity index (χ0) is 19.5. The number of benzene rings is 1. The fourth-order valence-corrected chi connectivity index (χ4v) is 1.98. The highest BCUT2D eigenvalue weighted by Crippen LogP contribution is 1.99. The molecule has 1 heterocycles. The molecule has 0 spiro atoms. The van der Waals surface area contributed by atoms with Crippen molar-refractivity contribution < 1.29 is 28.3 Å². The van der Waals surface area contributed by atoms with Gasteiger partial charge in [0.15, 0.2) is 12.4 Å². The molecule has 3 N–H and O–H groups in total. The summed E-state index contributed by atoms with van der Waals surface area (Å²) in [5.41, 5.74) is 0.878. The topological polar surface area (TPSA) is 127 Å². The number of esters is 1. The molecule has 1 aromatic heterocycles. The summed E-state index contributed by atoms with van der Waals surface area (Å²) >= 11 is 0. The molecule has 4 amide bonds. The minimum atomic E-state index is -0.756. The fraction of sp³-hybridized carbons (Fsp3) is 0.222. The van der Waals surface area contributed by atoms with Gasteiger partial charge in [-0.25, -0.2) is 4.79 Å². The molecular weight excluding hydrogens is 354 g/mol. The Kier molecular flexibility index (Phi) is 7.58. The van der Waals surface area contributed by atoms with Crippen LogP contribution in [0.3, 0.4) is 0 Å². The van der Waals surface area contributed by atoms with Crippen LogP contribution in [0.1, 0.15) is 22.5 Å². The van der Waals surface area contributed by atoms with Gasteiger partial charge in [0, 0.05) is 13.1 Å². The molecule has 0 aliphatic carbocycles. The minimum Gasteiger partial charge on any atom is -0.459 e. The first-order valence-electron chi connectivity index (χ1n) is 8.13. The third-order valence-electron chi connectivity index (χ3n) is 3.27. The average Bonchev–Trinajstić information content (AvgIpc) is 3.20. The van der Waals surface area contributed by atoms with Gasteiger partial charge in [-0.2, -0.15) is 0 Å². The Morgan fingerprint density at radius 2 is 1.74 bits per heavy atom. The number of ether oxygens (including phenoxy) is 1. The summed E-state index contributed by atoms with van der Waals surface area (Å²) in [6, 6.07) is 11.5. The Hall–Kier alpha value is -3.62. The van der Waals surface area contributed by atoms with E-state index in [4.69, 9.17) is 9.15 Å². The maximum Gasteiger partial charge on any atom is 0.321 e. The van der Waals surface area contributed by atoms with Crippen LogP contribution in [0, 0.1) is 0 Å². The van der Waals surface area contributed by atoms with Crippen molar-refractivity contribution in [2.75, 3.05) is 13.2 Å². The van der Waals surface area contributed by atoms with Crippen LogP contribution in [0.25, 0.3) is 0 Å². The first kappa shape index (κ1) is 19.7. The first-order chi connectivity index (χ1) is 13.0. The lowest BCUT2D eigenvalue weighted by molar-refractivity contribution is -0.148. The van der Waals surface area contributed by atoms with E-state index in [1.165, 1.54) is 12.3 Å². The molecule has 1 aromatic carbocycles. The quantitative estimate of drug-likeness (QED) is 0.592. The van der Waals surface area contributed by atoms with E-state index in [2.05, 4.69) is 16.0 Å². The smallest absolute Gasteiger partial charge is 0.321 e. The summed E-state index contributed by atoms with van der Waals surface area (Å²) in [5, 5.41) is 7.03. The molecule has 9 heteroatoms. The SMILES string of the molecule is O=C(COC(=O)CCNC(=O)c1ccco1)NC(=O)NCc1ccccc1. The standard InChI is InChI=1S/C18H19N3O6/c22-15(21-18(25)20-11-13-5-2-1-3-6-13)12-27-16(23)8-9-19-17(24)14-7-4-10-26-14/h1-7,10H,8-9,11-12H2,(H,19,24)(H2,20,21,22,25). The Balaban J connectivity index is 1.56. The molecule has 0 aliphatic heterocycles. The van der Waals surface area contributed by atoms with Gasteiger partial charge in [-0.1, -0.05) is 30.3 Å². The van der Waals surface area contributed by atoms with Gasteiger partial charge in [-0.3, -0.25) is 19.7 Å². The van der Waals surface area contributed by atoms with Crippen LogP contribution in [0.5, 0.6) is 0 Å². The second kappa shape index (κ2) is 10.4. The molecule has 0 saturated heterocycles. The third kappa shape index (κ3) is 7.43. The van der Waals surface area contributed by atoms with Crippen molar-refractivity contribution in [3.05, 3.63) is 60.1 Å². The van der Waals surface area contributed by atoms with E-state index in [9.17, 15) is 19.2 Å². The molecule has 0 aliphatic rings. The van der Waals surface area contributed by atoms with E-state index in [0.29, 0.717) is 0 Å². The number of rotatable bonds is 8. The molecule has 2 rings (SSSR count). The normalized spacial score (nSPS) is 9.93.